The van der Waals surface area contributed by atoms with Crippen molar-refractivity contribution in [1.29, 1.82) is 0 Å². The Kier molecular flexibility index (Phi) is 4.36. The number of allylic oxidation sites excluding steroid dienone is 1. The van der Waals surface area contributed by atoms with E-state index in [4.69, 9.17) is 4.74 Å². The van der Waals surface area contributed by atoms with Gasteiger partial charge in [0.2, 0.25) is 0 Å². The number of carbonyl (C=O) groups excluding carboxylic acids is 1. The SMILES string of the molecule is C=C(c1ccccc1OC(=O)c1ccccc1O)C(C)(C)C. The highest BCUT2D eigenvalue weighted by Crippen LogP contribution is 2.37. The van der Waals surface area contributed by atoms with Gasteiger partial charge in [-0.15, -0.1) is 0 Å². The average molecular weight is 296 g/mol. The van der Waals surface area contributed by atoms with Gasteiger partial charge in [-0.3, -0.25) is 0 Å². The van der Waals surface area contributed by atoms with E-state index in [0.29, 0.717) is 5.75 Å². The van der Waals surface area contributed by atoms with Crippen LogP contribution in [0.4, 0.5) is 0 Å². The lowest BCUT2D eigenvalue weighted by Crippen LogP contribution is -2.12. The molecular weight excluding hydrogens is 276 g/mol. The van der Waals surface area contributed by atoms with Gasteiger partial charge >= 0.3 is 5.97 Å². The monoisotopic (exact) mass is 296 g/mol. The molecule has 2 aromatic carbocycles. The van der Waals surface area contributed by atoms with Crippen LogP contribution in [-0.2, 0) is 0 Å². The summed E-state index contributed by atoms with van der Waals surface area (Å²) in [5.74, 6) is -0.248. The fourth-order valence-electron chi connectivity index (χ4n) is 2.01. The van der Waals surface area contributed by atoms with Gasteiger partial charge in [0.1, 0.15) is 17.1 Å². The van der Waals surface area contributed by atoms with Crippen molar-refractivity contribution in [2.45, 2.75) is 20.8 Å². The first-order valence-electron chi connectivity index (χ1n) is 7.09. The van der Waals surface area contributed by atoms with E-state index < -0.39 is 5.97 Å². The molecular formula is C19H20O3. The zero-order valence-electron chi connectivity index (χ0n) is 13.1. The summed E-state index contributed by atoms with van der Waals surface area (Å²) in [5.41, 5.74) is 1.67. The Balaban J connectivity index is 2.33. The maximum absolute atomic E-state index is 12.2. The summed E-state index contributed by atoms with van der Waals surface area (Å²) in [7, 11) is 0. The number of rotatable bonds is 3. The predicted molar refractivity (Wildman–Crippen MR) is 88.0 cm³/mol. The molecule has 0 fully saturated rings. The lowest BCUT2D eigenvalue weighted by atomic mass is 9.83. The van der Waals surface area contributed by atoms with Crippen LogP contribution in [0.25, 0.3) is 5.57 Å². The molecule has 22 heavy (non-hydrogen) atoms. The topological polar surface area (TPSA) is 46.5 Å². The summed E-state index contributed by atoms with van der Waals surface area (Å²) in [6.07, 6.45) is 0. The summed E-state index contributed by atoms with van der Waals surface area (Å²) in [4.78, 5) is 12.2. The molecule has 0 amide bonds. The van der Waals surface area contributed by atoms with Gasteiger partial charge in [0.05, 0.1) is 0 Å². The first-order chi connectivity index (χ1) is 10.3. The third kappa shape index (κ3) is 3.37. The van der Waals surface area contributed by atoms with E-state index in [2.05, 4.69) is 27.4 Å². The van der Waals surface area contributed by atoms with E-state index in [-0.39, 0.29) is 16.7 Å². The van der Waals surface area contributed by atoms with E-state index in [9.17, 15) is 9.90 Å². The standard InChI is InChI=1S/C19H20O3/c1-13(19(2,3)4)14-9-6-8-12-17(14)22-18(21)15-10-5-7-11-16(15)20/h5-12,20H,1H2,2-4H3. The number of phenolic OH excluding ortho intramolecular Hbond substituents is 1. The van der Waals surface area contributed by atoms with Crippen molar-refractivity contribution >= 4 is 11.5 Å². The second-order valence-corrected chi connectivity index (χ2v) is 6.13. The Morgan fingerprint density at radius 3 is 2.14 bits per heavy atom. The summed E-state index contributed by atoms with van der Waals surface area (Å²) in [5, 5.41) is 9.75. The molecule has 0 saturated heterocycles. The van der Waals surface area contributed by atoms with Gasteiger partial charge in [0, 0.05) is 5.56 Å². The zero-order chi connectivity index (χ0) is 16.3. The van der Waals surface area contributed by atoms with E-state index in [1.165, 1.54) is 12.1 Å². The fraction of sp³-hybridized carbons (Fsp3) is 0.211. The number of benzene rings is 2. The van der Waals surface area contributed by atoms with Crippen molar-refractivity contribution in [2.75, 3.05) is 0 Å². The van der Waals surface area contributed by atoms with Crippen LogP contribution in [0.1, 0.15) is 36.7 Å². The Morgan fingerprint density at radius 1 is 1.00 bits per heavy atom. The van der Waals surface area contributed by atoms with Gasteiger partial charge in [0.15, 0.2) is 0 Å². The Bertz CT molecular complexity index is 709. The van der Waals surface area contributed by atoms with Crippen molar-refractivity contribution in [1.82, 2.24) is 0 Å². The minimum absolute atomic E-state index is 0.0976. The quantitative estimate of drug-likeness (QED) is 0.661. The van der Waals surface area contributed by atoms with Gasteiger partial charge in [0.25, 0.3) is 0 Å². The van der Waals surface area contributed by atoms with Crippen molar-refractivity contribution in [2.24, 2.45) is 5.41 Å². The normalized spacial score (nSPS) is 11.0. The molecule has 0 aliphatic heterocycles. The van der Waals surface area contributed by atoms with Crippen LogP contribution < -0.4 is 4.74 Å². The second-order valence-electron chi connectivity index (χ2n) is 6.13. The number of hydrogen-bond acceptors (Lipinski definition) is 3. The largest absolute Gasteiger partial charge is 0.507 e. The fourth-order valence-corrected chi connectivity index (χ4v) is 2.01. The molecule has 0 unspecified atom stereocenters. The molecule has 0 spiro atoms. The molecule has 3 nitrogen and oxygen atoms in total. The van der Waals surface area contributed by atoms with E-state index in [1.807, 2.05) is 12.1 Å². The lowest BCUT2D eigenvalue weighted by Gasteiger charge is -2.23. The number of para-hydroxylation sites is 2. The second kappa shape index (κ2) is 6.06. The molecule has 0 heterocycles. The first kappa shape index (κ1) is 15.8. The van der Waals surface area contributed by atoms with Gasteiger partial charge < -0.3 is 9.84 Å². The molecule has 2 rings (SSSR count). The van der Waals surface area contributed by atoms with Crippen LogP contribution >= 0.6 is 0 Å². The van der Waals surface area contributed by atoms with Gasteiger partial charge in [-0.2, -0.15) is 0 Å². The Labute approximate surface area is 130 Å². The zero-order valence-corrected chi connectivity index (χ0v) is 13.1. The molecule has 0 aromatic heterocycles. The van der Waals surface area contributed by atoms with Crippen molar-refractivity contribution in [3.63, 3.8) is 0 Å². The predicted octanol–water partition coefficient (Wildman–Crippen LogP) is 4.67. The number of phenols is 1. The molecule has 0 atom stereocenters. The summed E-state index contributed by atoms with van der Waals surface area (Å²) in [6, 6.07) is 13.6. The molecule has 3 heteroatoms. The lowest BCUT2D eigenvalue weighted by molar-refractivity contribution is 0.0731. The Morgan fingerprint density at radius 2 is 1.55 bits per heavy atom. The molecule has 1 N–H and O–H groups in total. The highest BCUT2D eigenvalue weighted by molar-refractivity contribution is 5.94. The molecule has 0 radical (unpaired) electrons. The van der Waals surface area contributed by atoms with Gasteiger partial charge in [-0.05, 0) is 29.2 Å². The highest BCUT2D eigenvalue weighted by Gasteiger charge is 2.21. The summed E-state index contributed by atoms with van der Waals surface area (Å²) in [6.45, 7) is 10.3. The van der Waals surface area contributed by atoms with E-state index in [0.717, 1.165) is 11.1 Å². The number of carbonyl (C=O) groups is 1. The molecule has 114 valence electrons. The van der Waals surface area contributed by atoms with Crippen molar-refractivity contribution in [3.8, 4) is 11.5 Å². The van der Waals surface area contributed by atoms with Crippen LogP contribution in [0, 0.1) is 5.41 Å². The van der Waals surface area contributed by atoms with E-state index in [1.54, 1.807) is 24.3 Å². The maximum atomic E-state index is 12.2. The molecule has 0 aliphatic carbocycles. The molecule has 0 bridgehead atoms. The van der Waals surface area contributed by atoms with Crippen LogP contribution in [0.3, 0.4) is 0 Å². The number of esters is 1. The van der Waals surface area contributed by atoms with E-state index >= 15 is 0 Å². The van der Waals surface area contributed by atoms with Gasteiger partial charge in [-0.25, -0.2) is 4.79 Å². The number of hydrogen-bond donors (Lipinski definition) is 1. The average Bonchev–Trinajstić information content (AvgIpc) is 2.46. The maximum Gasteiger partial charge on any atom is 0.347 e. The summed E-state index contributed by atoms with van der Waals surface area (Å²) < 4.78 is 5.47. The first-order valence-corrected chi connectivity index (χ1v) is 7.09. The highest BCUT2D eigenvalue weighted by atomic mass is 16.5. The number of ether oxygens (including phenoxy) is 1. The molecule has 0 saturated carbocycles. The minimum Gasteiger partial charge on any atom is -0.507 e. The number of aromatic hydroxyl groups is 1. The summed E-state index contributed by atoms with van der Waals surface area (Å²) >= 11 is 0. The third-order valence-electron chi connectivity index (χ3n) is 3.44. The Hall–Kier alpha value is -2.55. The van der Waals surface area contributed by atoms with Crippen molar-refractivity contribution < 1.29 is 14.6 Å². The molecule has 2 aromatic rings. The molecule has 0 aliphatic rings. The van der Waals surface area contributed by atoms with Crippen LogP contribution in [-0.4, -0.2) is 11.1 Å². The third-order valence-corrected chi connectivity index (χ3v) is 3.44. The minimum atomic E-state index is -0.591. The van der Waals surface area contributed by atoms with Crippen LogP contribution in [0.5, 0.6) is 11.5 Å². The van der Waals surface area contributed by atoms with Gasteiger partial charge in [-0.1, -0.05) is 57.7 Å². The van der Waals surface area contributed by atoms with Crippen LogP contribution in [0.15, 0.2) is 55.1 Å². The van der Waals surface area contributed by atoms with Crippen LogP contribution in [0.2, 0.25) is 0 Å². The van der Waals surface area contributed by atoms with Crippen molar-refractivity contribution in [3.05, 3.63) is 66.2 Å². The smallest absolute Gasteiger partial charge is 0.347 e.